The molecule has 3 rings (SSSR count). The summed E-state index contributed by atoms with van der Waals surface area (Å²) in [6.07, 6.45) is 2.32. The Morgan fingerprint density at radius 3 is 3.07 bits per heavy atom. The predicted molar refractivity (Wildman–Crippen MR) is 114 cm³/mol. The summed E-state index contributed by atoms with van der Waals surface area (Å²) in [4.78, 5) is 12.0. The molecule has 1 aliphatic heterocycles. The monoisotopic (exact) mass is 408 g/mol. The minimum atomic E-state index is 0. The fourth-order valence-electron chi connectivity index (χ4n) is 3.09. The smallest absolute Gasteiger partial charge is 0.220 e. The Kier molecular flexibility index (Phi) is 9.18. The Morgan fingerprint density at radius 2 is 2.22 bits per heavy atom. The Hall–Kier alpha value is -1.50. The average Bonchev–Trinajstić information content (AvgIpc) is 2.90. The number of halogens is 1. The number of carbonyl (C=O) groups is 1. The lowest BCUT2D eigenvalue weighted by atomic mass is 10.1. The minimum absolute atomic E-state index is 0. The Bertz CT molecular complexity index is 711. The van der Waals surface area contributed by atoms with Crippen molar-refractivity contribution in [3.63, 3.8) is 0 Å². The fraction of sp³-hybridized carbons (Fsp3) is 0.500. The fourth-order valence-corrected chi connectivity index (χ4v) is 4.02. The maximum atomic E-state index is 12.0. The highest BCUT2D eigenvalue weighted by atomic mass is 35.5. The molecule has 0 saturated heterocycles. The number of aromatic nitrogens is 2. The molecule has 0 bridgehead atoms. The van der Waals surface area contributed by atoms with Gasteiger partial charge in [-0.1, -0.05) is 24.3 Å². The predicted octanol–water partition coefficient (Wildman–Crippen LogP) is 3.09. The van der Waals surface area contributed by atoms with Gasteiger partial charge in [0.15, 0.2) is 0 Å². The second kappa shape index (κ2) is 11.4. The first kappa shape index (κ1) is 21.8. The normalized spacial score (nSPS) is 13.4. The molecular formula is C20H29ClN4OS. The first-order valence-corrected chi connectivity index (χ1v) is 10.5. The maximum Gasteiger partial charge on any atom is 0.220 e. The second-order valence-corrected chi connectivity index (χ2v) is 7.81. The zero-order chi connectivity index (χ0) is 18.2. The highest BCUT2D eigenvalue weighted by molar-refractivity contribution is 7.98. The van der Waals surface area contributed by atoms with Crippen LogP contribution in [0, 0.1) is 6.92 Å². The minimum Gasteiger partial charge on any atom is -0.355 e. The summed E-state index contributed by atoms with van der Waals surface area (Å²) in [6.45, 7) is 5.75. The first-order valence-electron chi connectivity index (χ1n) is 9.37. The van der Waals surface area contributed by atoms with E-state index in [1.54, 1.807) is 0 Å². The largest absolute Gasteiger partial charge is 0.355 e. The van der Waals surface area contributed by atoms with Crippen LogP contribution in [0.15, 0.2) is 30.3 Å². The number of benzene rings is 1. The zero-order valence-electron chi connectivity index (χ0n) is 15.9. The molecule has 2 N–H and O–H groups in total. The van der Waals surface area contributed by atoms with E-state index in [1.807, 2.05) is 11.8 Å². The first-order chi connectivity index (χ1) is 12.7. The molecular weight excluding hydrogens is 380 g/mol. The van der Waals surface area contributed by atoms with E-state index in [9.17, 15) is 4.79 Å². The molecule has 0 unspecified atom stereocenters. The van der Waals surface area contributed by atoms with Crippen LogP contribution < -0.4 is 10.6 Å². The van der Waals surface area contributed by atoms with E-state index >= 15 is 0 Å². The summed E-state index contributed by atoms with van der Waals surface area (Å²) in [7, 11) is 0. The molecule has 148 valence electrons. The van der Waals surface area contributed by atoms with Gasteiger partial charge in [0.1, 0.15) is 0 Å². The van der Waals surface area contributed by atoms with Gasteiger partial charge in [-0.3, -0.25) is 9.48 Å². The van der Waals surface area contributed by atoms with Gasteiger partial charge in [-0.05, 0) is 37.1 Å². The number of hydrogen-bond acceptors (Lipinski definition) is 4. The van der Waals surface area contributed by atoms with Crippen LogP contribution in [0.25, 0.3) is 0 Å². The van der Waals surface area contributed by atoms with Gasteiger partial charge in [0, 0.05) is 44.0 Å². The van der Waals surface area contributed by atoms with E-state index in [-0.39, 0.29) is 18.3 Å². The van der Waals surface area contributed by atoms with Gasteiger partial charge in [-0.25, -0.2) is 0 Å². The third-order valence-corrected chi connectivity index (χ3v) is 5.65. The van der Waals surface area contributed by atoms with E-state index in [0.29, 0.717) is 12.8 Å². The van der Waals surface area contributed by atoms with Gasteiger partial charge < -0.3 is 10.6 Å². The molecule has 2 aromatic rings. The molecule has 0 spiro atoms. The Labute approximate surface area is 172 Å². The van der Waals surface area contributed by atoms with Crippen molar-refractivity contribution in [2.24, 2.45) is 0 Å². The van der Waals surface area contributed by atoms with Crippen molar-refractivity contribution in [2.45, 2.75) is 45.0 Å². The molecule has 1 aromatic carbocycles. The number of amides is 1. The van der Waals surface area contributed by atoms with Crippen LogP contribution in [0.4, 0.5) is 0 Å². The van der Waals surface area contributed by atoms with E-state index in [4.69, 9.17) is 0 Å². The van der Waals surface area contributed by atoms with Crippen molar-refractivity contribution in [3.05, 3.63) is 52.8 Å². The molecule has 1 amide bonds. The summed E-state index contributed by atoms with van der Waals surface area (Å²) in [5.41, 5.74) is 4.95. The van der Waals surface area contributed by atoms with Crippen molar-refractivity contribution >= 4 is 30.1 Å². The summed E-state index contributed by atoms with van der Waals surface area (Å²) < 4.78 is 2.08. The molecule has 0 fully saturated rings. The quantitative estimate of drug-likeness (QED) is 0.659. The summed E-state index contributed by atoms with van der Waals surface area (Å²) >= 11 is 1.86. The molecule has 5 nitrogen and oxygen atoms in total. The second-order valence-electron chi connectivity index (χ2n) is 6.71. The highest BCUT2D eigenvalue weighted by Crippen LogP contribution is 2.15. The lowest BCUT2D eigenvalue weighted by Crippen LogP contribution is -2.26. The van der Waals surface area contributed by atoms with Crippen molar-refractivity contribution in [1.29, 1.82) is 0 Å². The van der Waals surface area contributed by atoms with Crippen LogP contribution in [0.1, 0.15) is 35.4 Å². The topological polar surface area (TPSA) is 59.0 Å². The van der Waals surface area contributed by atoms with Crippen LogP contribution in [-0.4, -0.2) is 34.5 Å². The zero-order valence-corrected chi connectivity index (χ0v) is 17.5. The standard InChI is InChI=1S/C20H28N4OS.ClH/c1-16-5-2-3-6-17(16)15-26-12-10-22-20(25)8-7-18-13-19-14-21-9-4-11-24(19)23-18;/h2-3,5-6,13,21H,4,7-12,14-15H2,1H3,(H,22,25);1H. The van der Waals surface area contributed by atoms with E-state index in [2.05, 4.69) is 57.7 Å². The summed E-state index contributed by atoms with van der Waals surface area (Å²) in [6, 6.07) is 10.6. The summed E-state index contributed by atoms with van der Waals surface area (Å²) in [5.74, 6) is 2.05. The average molecular weight is 409 g/mol. The Balaban J connectivity index is 0.00000261. The summed E-state index contributed by atoms with van der Waals surface area (Å²) in [5, 5.41) is 11.0. The Morgan fingerprint density at radius 1 is 1.37 bits per heavy atom. The van der Waals surface area contributed by atoms with Crippen molar-refractivity contribution in [2.75, 3.05) is 18.8 Å². The molecule has 1 aromatic heterocycles. The van der Waals surface area contributed by atoms with E-state index < -0.39 is 0 Å². The number of aryl methyl sites for hydroxylation is 3. The molecule has 2 heterocycles. The lowest BCUT2D eigenvalue weighted by molar-refractivity contribution is -0.120. The van der Waals surface area contributed by atoms with Crippen LogP contribution in [0.5, 0.6) is 0 Å². The van der Waals surface area contributed by atoms with Gasteiger partial charge >= 0.3 is 0 Å². The van der Waals surface area contributed by atoms with Crippen LogP contribution in [-0.2, 0) is 30.1 Å². The molecule has 7 heteroatoms. The van der Waals surface area contributed by atoms with E-state index in [0.717, 1.165) is 49.8 Å². The van der Waals surface area contributed by atoms with Crippen molar-refractivity contribution in [3.8, 4) is 0 Å². The molecule has 0 radical (unpaired) electrons. The lowest BCUT2D eigenvalue weighted by Gasteiger charge is -2.06. The number of hydrogen-bond donors (Lipinski definition) is 2. The number of nitrogens with zero attached hydrogens (tertiary/aromatic N) is 2. The number of fused-ring (bicyclic) bond motifs is 1. The number of thioether (sulfide) groups is 1. The molecule has 0 aliphatic carbocycles. The van der Waals surface area contributed by atoms with Crippen molar-refractivity contribution < 1.29 is 4.79 Å². The van der Waals surface area contributed by atoms with Gasteiger partial charge in [0.2, 0.25) is 5.91 Å². The number of nitrogens with one attached hydrogen (secondary N) is 2. The van der Waals surface area contributed by atoms with Gasteiger partial charge in [-0.15, -0.1) is 12.4 Å². The molecule has 0 atom stereocenters. The van der Waals surface area contributed by atoms with Gasteiger partial charge in [0.25, 0.3) is 0 Å². The molecule has 27 heavy (non-hydrogen) atoms. The number of carbonyl (C=O) groups excluding carboxylic acids is 1. The van der Waals surface area contributed by atoms with E-state index in [1.165, 1.54) is 16.8 Å². The van der Waals surface area contributed by atoms with Gasteiger partial charge in [0.05, 0.1) is 11.4 Å². The highest BCUT2D eigenvalue weighted by Gasteiger charge is 2.11. The van der Waals surface area contributed by atoms with Crippen LogP contribution in [0.3, 0.4) is 0 Å². The number of rotatable bonds is 8. The van der Waals surface area contributed by atoms with Crippen LogP contribution >= 0.6 is 24.2 Å². The molecule has 1 aliphatic rings. The van der Waals surface area contributed by atoms with Gasteiger partial charge in [-0.2, -0.15) is 16.9 Å². The van der Waals surface area contributed by atoms with Crippen LogP contribution in [0.2, 0.25) is 0 Å². The molecule has 0 saturated carbocycles. The SMILES string of the molecule is Cc1ccccc1CSCCNC(=O)CCc1cc2n(n1)CCCNC2.Cl. The maximum absolute atomic E-state index is 12.0. The third kappa shape index (κ3) is 6.87. The van der Waals surface area contributed by atoms with Crippen molar-refractivity contribution in [1.82, 2.24) is 20.4 Å². The third-order valence-electron chi connectivity index (χ3n) is 4.64.